The van der Waals surface area contributed by atoms with Gasteiger partial charge in [0.05, 0.1) is 5.69 Å². The number of carbonyl (C=O) groups is 1. The minimum atomic E-state index is -0.0209. The lowest BCUT2D eigenvalue weighted by Gasteiger charge is -2.26. The van der Waals surface area contributed by atoms with Crippen molar-refractivity contribution in [3.05, 3.63) is 23.8 Å². The molecule has 0 spiro atoms. The number of ether oxygens (including phenoxy) is 1. The Morgan fingerprint density at radius 2 is 2.31 bits per heavy atom. The summed E-state index contributed by atoms with van der Waals surface area (Å²) in [5.74, 6) is 0.743. The predicted molar refractivity (Wildman–Crippen MR) is 62.7 cm³/mol. The smallest absolute Gasteiger partial charge is 0.264 e. The number of nitrogens with two attached hydrogens (primary N) is 1. The number of hydrogen-bond donors (Lipinski definition) is 1. The van der Waals surface area contributed by atoms with E-state index in [1.54, 1.807) is 11.9 Å². The van der Waals surface area contributed by atoms with Gasteiger partial charge in [-0.2, -0.15) is 0 Å². The largest absolute Gasteiger partial charge is 0.482 e. The summed E-state index contributed by atoms with van der Waals surface area (Å²) >= 11 is 0. The number of likely N-dealkylation sites (N-methyl/N-ethyl adjacent to an activating group) is 1. The van der Waals surface area contributed by atoms with Crippen LogP contribution < -0.4 is 15.4 Å². The van der Waals surface area contributed by atoms with Gasteiger partial charge in [-0.3, -0.25) is 4.79 Å². The molecular formula is C12H16N2O2. The SMILES string of the molecule is CC(N)Cc1ccc2c(c1)OCC(=O)N2C. The Morgan fingerprint density at radius 1 is 1.56 bits per heavy atom. The second-order valence-corrected chi connectivity index (χ2v) is 4.22. The van der Waals surface area contributed by atoms with Gasteiger partial charge >= 0.3 is 0 Å². The van der Waals surface area contributed by atoms with E-state index in [0.29, 0.717) is 0 Å². The van der Waals surface area contributed by atoms with E-state index < -0.39 is 0 Å². The molecule has 1 heterocycles. The van der Waals surface area contributed by atoms with E-state index in [1.807, 2.05) is 25.1 Å². The van der Waals surface area contributed by atoms with Gasteiger partial charge in [-0.1, -0.05) is 6.07 Å². The van der Waals surface area contributed by atoms with E-state index in [-0.39, 0.29) is 18.6 Å². The van der Waals surface area contributed by atoms with Crippen LogP contribution in [0.2, 0.25) is 0 Å². The highest BCUT2D eigenvalue weighted by molar-refractivity contribution is 5.97. The van der Waals surface area contributed by atoms with E-state index >= 15 is 0 Å². The zero-order valence-electron chi connectivity index (χ0n) is 9.56. The van der Waals surface area contributed by atoms with Crippen LogP contribution in [0.1, 0.15) is 12.5 Å². The Bertz CT molecular complexity index is 415. The van der Waals surface area contributed by atoms with Gasteiger partial charge < -0.3 is 15.4 Å². The standard InChI is InChI=1S/C12H16N2O2/c1-8(13)5-9-3-4-10-11(6-9)16-7-12(15)14(10)2/h3-4,6,8H,5,7,13H2,1-2H3. The van der Waals surface area contributed by atoms with Crippen molar-refractivity contribution in [2.75, 3.05) is 18.6 Å². The fourth-order valence-electron chi connectivity index (χ4n) is 1.82. The number of carbonyl (C=O) groups excluding carboxylic acids is 1. The third kappa shape index (κ3) is 2.02. The molecule has 1 aliphatic rings. The molecule has 0 radical (unpaired) electrons. The molecule has 2 N–H and O–H groups in total. The molecule has 0 aliphatic carbocycles. The molecule has 0 saturated carbocycles. The highest BCUT2D eigenvalue weighted by atomic mass is 16.5. The average Bonchev–Trinajstić information content (AvgIpc) is 2.23. The minimum absolute atomic E-state index is 0.0209. The average molecular weight is 220 g/mol. The van der Waals surface area contributed by atoms with Crippen molar-refractivity contribution in [1.29, 1.82) is 0 Å². The Morgan fingerprint density at radius 3 is 3.00 bits per heavy atom. The van der Waals surface area contributed by atoms with Crippen molar-refractivity contribution >= 4 is 11.6 Å². The van der Waals surface area contributed by atoms with Crippen LogP contribution >= 0.6 is 0 Å². The fourth-order valence-corrected chi connectivity index (χ4v) is 1.82. The molecule has 4 nitrogen and oxygen atoms in total. The number of nitrogens with zero attached hydrogens (tertiary/aromatic N) is 1. The first-order valence-corrected chi connectivity index (χ1v) is 5.36. The number of amides is 1. The molecular weight excluding hydrogens is 204 g/mol. The van der Waals surface area contributed by atoms with Gasteiger partial charge in [-0.05, 0) is 31.0 Å². The third-order valence-corrected chi connectivity index (χ3v) is 2.67. The Labute approximate surface area is 95.0 Å². The second-order valence-electron chi connectivity index (χ2n) is 4.22. The highest BCUT2D eigenvalue weighted by Gasteiger charge is 2.22. The molecule has 1 amide bonds. The summed E-state index contributed by atoms with van der Waals surface area (Å²) in [7, 11) is 1.76. The first kappa shape index (κ1) is 11.0. The topological polar surface area (TPSA) is 55.6 Å². The Balaban J connectivity index is 2.30. The first-order chi connectivity index (χ1) is 7.58. The van der Waals surface area contributed by atoms with E-state index in [9.17, 15) is 4.79 Å². The zero-order chi connectivity index (χ0) is 11.7. The van der Waals surface area contributed by atoms with Crippen LogP contribution in [0.5, 0.6) is 5.75 Å². The molecule has 1 unspecified atom stereocenters. The lowest BCUT2D eigenvalue weighted by Crippen LogP contribution is -2.35. The molecule has 86 valence electrons. The molecule has 16 heavy (non-hydrogen) atoms. The molecule has 0 fully saturated rings. The number of hydrogen-bond acceptors (Lipinski definition) is 3. The molecule has 0 bridgehead atoms. The second kappa shape index (κ2) is 4.14. The Hall–Kier alpha value is -1.55. The molecule has 2 rings (SSSR count). The summed E-state index contributed by atoms with van der Waals surface area (Å²) in [6.45, 7) is 2.08. The van der Waals surface area contributed by atoms with Crippen molar-refractivity contribution in [1.82, 2.24) is 0 Å². The summed E-state index contributed by atoms with van der Waals surface area (Å²) in [6, 6.07) is 5.98. The summed E-state index contributed by atoms with van der Waals surface area (Å²) in [5.41, 5.74) is 7.70. The molecule has 4 heteroatoms. The van der Waals surface area contributed by atoms with Gasteiger partial charge in [0, 0.05) is 13.1 Å². The summed E-state index contributed by atoms with van der Waals surface area (Å²) in [6.07, 6.45) is 0.814. The van der Waals surface area contributed by atoms with Crippen molar-refractivity contribution in [3.8, 4) is 5.75 Å². The zero-order valence-corrected chi connectivity index (χ0v) is 9.56. The highest BCUT2D eigenvalue weighted by Crippen LogP contribution is 2.32. The van der Waals surface area contributed by atoms with E-state index in [4.69, 9.17) is 10.5 Å². The van der Waals surface area contributed by atoms with E-state index in [0.717, 1.165) is 23.4 Å². The van der Waals surface area contributed by atoms with Gasteiger partial charge in [-0.25, -0.2) is 0 Å². The van der Waals surface area contributed by atoms with E-state index in [2.05, 4.69) is 0 Å². The van der Waals surface area contributed by atoms with Crippen LogP contribution in [0.15, 0.2) is 18.2 Å². The van der Waals surface area contributed by atoms with Crippen LogP contribution in [-0.2, 0) is 11.2 Å². The quantitative estimate of drug-likeness (QED) is 0.806. The van der Waals surface area contributed by atoms with Crippen molar-refractivity contribution in [2.24, 2.45) is 5.73 Å². The van der Waals surface area contributed by atoms with Crippen LogP contribution in [0.3, 0.4) is 0 Å². The van der Waals surface area contributed by atoms with Gasteiger partial charge in [0.1, 0.15) is 5.75 Å². The molecule has 1 aromatic carbocycles. The van der Waals surface area contributed by atoms with Gasteiger partial charge in [0.25, 0.3) is 5.91 Å². The summed E-state index contributed by atoms with van der Waals surface area (Å²) in [5, 5.41) is 0. The number of fused-ring (bicyclic) bond motifs is 1. The Kier molecular flexibility index (Phi) is 2.83. The molecule has 1 atom stereocenters. The number of rotatable bonds is 2. The molecule has 0 saturated heterocycles. The van der Waals surface area contributed by atoms with Crippen LogP contribution in [-0.4, -0.2) is 25.6 Å². The maximum atomic E-state index is 11.4. The molecule has 1 aromatic rings. The van der Waals surface area contributed by atoms with E-state index in [1.165, 1.54) is 0 Å². The monoisotopic (exact) mass is 220 g/mol. The van der Waals surface area contributed by atoms with Crippen molar-refractivity contribution < 1.29 is 9.53 Å². The number of benzene rings is 1. The normalized spacial score (nSPS) is 16.7. The maximum absolute atomic E-state index is 11.4. The minimum Gasteiger partial charge on any atom is -0.482 e. The van der Waals surface area contributed by atoms with Crippen LogP contribution in [0, 0.1) is 0 Å². The first-order valence-electron chi connectivity index (χ1n) is 5.36. The van der Waals surface area contributed by atoms with Gasteiger partial charge in [-0.15, -0.1) is 0 Å². The van der Waals surface area contributed by atoms with Crippen molar-refractivity contribution in [2.45, 2.75) is 19.4 Å². The van der Waals surface area contributed by atoms with Crippen molar-refractivity contribution in [3.63, 3.8) is 0 Å². The summed E-state index contributed by atoms with van der Waals surface area (Å²) < 4.78 is 5.40. The lowest BCUT2D eigenvalue weighted by molar-refractivity contribution is -0.120. The number of anilines is 1. The fraction of sp³-hybridized carbons (Fsp3) is 0.417. The predicted octanol–water partition coefficient (Wildman–Crippen LogP) is 0.931. The van der Waals surface area contributed by atoms with Crippen LogP contribution in [0.4, 0.5) is 5.69 Å². The lowest BCUT2D eigenvalue weighted by atomic mass is 10.1. The third-order valence-electron chi connectivity index (χ3n) is 2.67. The molecule has 1 aliphatic heterocycles. The van der Waals surface area contributed by atoms with Crippen LogP contribution in [0.25, 0.3) is 0 Å². The van der Waals surface area contributed by atoms with Gasteiger partial charge in [0.15, 0.2) is 6.61 Å². The maximum Gasteiger partial charge on any atom is 0.264 e. The van der Waals surface area contributed by atoms with Gasteiger partial charge in [0.2, 0.25) is 0 Å². The molecule has 0 aromatic heterocycles. The summed E-state index contributed by atoms with van der Waals surface area (Å²) in [4.78, 5) is 13.0.